The van der Waals surface area contributed by atoms with E-state index in [1.807, 2.05) is 24.3 Å². The monoisotopic (exact) mass is 416 g/mol. The van der Waals surface area contributed by atoms with Crippen LogP contribution in [-0.2, 0) is 17.9 Å². The lowest BCUT2D eigenvalue weighted by molar-refractivity contribution is 0.105. The zero-order chi connectivity index (χ0) is 21.4. The molecule has 0 unspecified atom stereocenters. The standard InChI is InChI=1S/C23H36N4O3/c1-4-27(5-2)14-17-30-21-11-9-20(10-12-21)18-26-23(24-3)25-13-7-15-28-19-22-8-6-16-29-22/h6,8-12,16H,4-5,7,13-15,17-19H2,1-3H3,(H2,24,25,26). The number of hydrogen-bond acceptors (Lipinski definition) is 5. The Balaban J connectivity index is 1.58. The number of ether oxygens (including phenoxy) is 2. The molecule has 30 heavy (non-hydrogen) atoms. The van der Waals surface area contributed by atoms with Gasteiger partial charge >= 0.3 is 0 Å². The van der Waals surface area contributed by atoms with Gasteiger partial charge in [-0.3, -0.25) is 4.99 Å². The smallest absolute Gasteiger partial charge is 0.191 e. The van der Waals surface area contributed by atoms with Crippen molar-refractivity contribution >= 4 is 5.96 Å². The molecule has 7 nitrogen and oxygen atoms in total. The Morgan fingerprint density at radius 3 is 2.53 bits per heavy atom. The number of guanidine groups is 1. The first-order chi connectivity index (χ1) is 14.7. The van der Waals surface area contributed by atoms with E-state index in [1.165, 1.54) is 5.56 Å². The number of aliphatic imine (C=N–C) groups is 1. The molecule has 166 valence electrons. The largest absolute Gasteiger partial charge is 0.492 e. The van der Waals surface area contributed by atoms with Crippen LogP contribution in [0.25, 0.3) is 0 Å². The Morgan fingerprint density at radius 2 is 1.87 bits per heavy atom. The molecule has 0 saturated carbocycles. The Bertz CT molecular complexity index is 698. The van der Waals surface area contributed by atoms with Crippen LogP contribution in [0.3, 0.4) is 0 Å². The van der Waals surface area contributed by atoms with Gasteiger partial charge in [-0.25, -0.2) is 0 Å². The number of nitrogens with zero attached hydrogens (tertiary/aromatic N) is 2. The number of furan rings is 1. The van der Waals surface area contributed by atoms with Crippen molar-refractivity contribution in [3.63, 3.8) is 0 Å². The first-order valence-electron chi connectivity index (χ1n) is 10.7. The highest BCUT2D eigenvalue weighted by molar-refractivity contribution is 5.79. The fraction of sp³-hybridized carbons (Fsp3) is 0.522. The second-order valence-corrected chi connectivity index (χ2v) is 6.86. The van der Waals surface area contributed by atoms with Crippen molar-refractivity contribution < 1.29 is 13.9 Å². The minimum Gasteiger partial charge on any atom is -0.492 e. The molecule has 2 aromatic rings. The fourth-order valence-electron chi connectivity index (χ4n) is 2.89. The van der Waals surface area contributed by atoms with Crippen molar-refractivity contribution in [3.05, 3.63) is 54.0 Å². The van der Waals surface area contributed by atoms with Gasteiger partial charge in [-0.05, 0) is 49.3 Å². The second-order valence-electron chi connectivity index (χ2n) is 6.86. The van der Waals surface area contributed by atoms with E-state index in [-0.39, 0.29) is 0 Å². The average Bonchev–Trinajstić information content (AvgIpc) is 3.30. The number of nitrogens with one attached hydrogen (secondary N) is 2. The molecule has 0 bridgehead atoms. The van der Waals surface area contributed by atoms with Crippen LogP contribution >= 0.6 is 0 Å². The molecule has 2 N–H and O–H groups in total. The molecule has 0 spiro atoms. The SMILES string of the molecule is CCN(CC)CCOc1ccc(CNC(=NC)NCCCOCc2ccco2)cc1. The summed E-state index contributed by atoms with van der Waals surface area (Å²) < 4.78 is 16.6. The van der Waals surface area contributed by atoms with Crippen molar-refractivity contribution in [1.29, 1.82) is 0 Å². The van der Waals surface area contributed by atoms with Gasteiger partial charge in [0.25, 0.3) is 0 Å². The van der Waals surface area contributed by atoms with Crippen molar-refractivity contribution in [2.24, 2.45) is 4.99 Å². The topological polar surface area (TPSA) is 71.3 Å². The van der Waals surface area contributed by atoms with Crippen LogP contribution in [0.2, 0.25) is 0 Å². The van der Waals surface area contributed by atoms with Crippen molar-refractivity contribution in [1.82, 2.24) is 15.5 Å². The molecule has 0 fully saturated rings. The maximum atomic E-state index is 5.83. The summed E-state index contributed by atoms with van der Waals surface area (Å²) in [6.07, 6.45) is 2.55. The summed E-state index contributed by atoms with van der Waals surface area (Å²) in [6, 6.07) is 12.0. The zero-order valence-corrected chi connectivity index (χ0v) is 18.5. The van der Waals surface area contributed by atoms with E-state index in [1.54, 1.807) is 13.3 Å². The van der Waals surface area contributed by atoms with Crippen molar-refractivity contribution in [3.8, 4) is 5.75 Å². The van der Waals surface area contributed by atoms with Gasteiger partial charge in [0.05, 0.1) is 6.26 Å². The number of rotatable bonds is 14. The molecule has 1 heterocycles. The first kappa shape index (κ1) is 23.8. The number of benzene rings is 1. The van der Waals surface area contributed by atoms with Gasteiger partial charge in [-0.2, -0.15) is 0 Å². The lowest BCUT2D eigenvalue weighted by atomic mass is 10.2. The van der Waals surface area contributed by atoms with Gasteiger partial charge in [-0.15, -0.1) is 0 Å². The lowest BCUT2D eigenvalue weighted by Gasteiger charge is -2.18. The highest BCUT2D eigenvalue weighted by Crippen LogP contribution is 2.12. The molecule has 1 aromatic carbocycles. The van der Waals surface area contributed by atoms with Gasteiger partial charge in [-0.1, -0.05) is 26.0 Å². The molecular formula is C23H36N4O3. The van der Waals surface area contributed by atoms with Crippen molar-refractivity contribution in [2.75, 3.05) is 46.4 Å². The van der Waals surface area contributed by atoms with Crippen LogP contribution < -0.4 is 15.4 Å². The number of likely N-dealkylation sites (N-methyl/N-ethyl adjacent to an activating group) is 1. The molecule has 7 heteroatoms. The summed E-state index contributed by atoms with van der Waals surface area (Å²) in [6.45, 7) is 10.8. The third kappa shape index (κ3) is 9.33. The fourth-order valence-corrected chi connectivity index (χ4v) is 2.89. The molecule has 0 amide bonds. The minimum atomic E-state index is 0.509. The molecule has 0 atom stereocenters. The molecular weight excluding hydrogens is 380 g/mol. The first-order valence-corrected chi connectivity index (χ1v) is 10.7. The highest BCUT2D eigenvalue weighted by atomic mass is 16.5. The minimum absolute atomic E-state index is 0.509. The Morgan fingerprint density at radius 1 is 1.07 bits per heavy atom. The average molecular weight is 417 g/mol. The van der Waals surface area contributed by atoms with Crippen LogP contribution in [0.4, 0.5) is 0 Å². The van der Waals surface area contributed by atoms with Crippen LogP contribution in [0.15, 0.2) is 52.1 Å². The van der Waals surface area contributed by atoms with Crippen molar-refractivity contribution in [2.45, 2.75) is 33.4 Å². The van der Waals surface area contributed by atoms with Gasteiger partial charge in [0.1, 0.15) is 24.7 Å². The van der Waals surface area contributed by atoms with Crippen LogP contribution in [0.5, 0.6) is 5.75 Å². The predicted octanol–water partition coefficient (Wildman–Crippen LogP) is 3.27. The summed E-state index contributed by atoms with van der Waals surface area (Å²) in [5, 5.41) is 6.63. The van der Waals surface area contributed by atoms with E-state index >= 15 is 0 Å². The van der Waals surface area contributed by atoms with Gasteiger partial charge in [0.15, 0.2) is 5.96 Å². The Labute approximate surface area is 180 Å². The zero-order valence-electron chi connectivity index (χ0n) is 18.5. The van der Waals surface area contributed by atoms with Gasteiger partial charge in [0.2, 0.25) is 0 Å². The third-order valence-corrected chi connectivity index (χ3v) is 4.76. The molecule has 0 aliphatic carbocycles. The summed E-state index contributed by atoms with van der Waals surface area (Å²) in [7, 11) is 1.77. The molecule has 1 aromatic heterocycles. The van der Waals surface area contributed by atoms with Gasteiger partial charge < -0.3 is 29.4 Å². The normalized spacial score (nSPS) is 11.7. The molecule has 2 rings (SSSR count). The van der Waals surface area contributed by atoms with E-state index in [9.17, 15) is 0 Å². The number of hydrogen-bond donors (Lipinski definition) is 2. The van der Waals surface area contributed by atoms with Gasteiger partial charge in [0, 0.05) is 33.3 Å². The molecule has 0 radical (unpaired) electrons. The van der Waals surface area contributed by atoms with Crippen LogP contribution in [0.1, 0.15) is 31.6 Å². The summed E-state index contributed by atoms with van der Waals surface area (Å²) in [5.41, 5.74) is 1.18. The summed E-state index contributed by atoms with van der Waals surface area (Å²) in [4.78, 5) is 6.61. The van der Waals surface area contributed by atoms with Crippen LogP contribution in [-0.4, -0.2) is 57.3 Å². The Hall–Kier alpha value is -2.51. The molecule has 0 aliphatic heterocycles. The van der Waals surface area contributed by atoms with E-state index in [0.29, 0.717) is 26.4 Å². The predicted molar refractivity (Wildman–Crippen MR) is 121 cm³/mol. The van der Waals surface area contributed by atoms with E-state index in [0.717, 1.165) is 50.1 Å². The van der Waals surface area contributed by atoms with E-state index in [2.05, 4.69) is 46.5 Å². The maximum absolute atomic E-state index is 5.83. The van der Waals surface area contributed by atoms with Crippen LogP contribution in [0, 0.1) is 0 Å². The highest BCUT2D eigenvalue weighted by Gasteiger charge is 2.02. The second kappa shape index (κ2) is 14.5. The Kier molecular flexibility index (Phi) is 11.5. The van der Waals surface area contributed by atoms with E-state index in [4.69, 9.17) is 13.9 Å². The molecule has 0 saturated heterocycles. The van der Waals surface area contributed by atoms with E-state index < -0.39 is 0 Å². The third-order valence-electron chi connectivity index (χ3n) is 4.76. The summed E-state index contributed by atoms with van der Waals surface area (Å²) in [5.74, 6) is 2.53. The maximum Gasteiger partial charge on any atom is 0.191 e. The lowest BCUT2D eigenvalue weighted by Crippen LogP contribution is -2.37. The summed E-state index contributed by atoms with van der Waals surface area (Å²) >= 11 is 0. The molecule has 0 aliphatic rings. The quantitative estimate of drug-likeness (QED) is 0.280.